The van der Waals surface area contributed by atoms with Gasteiger partial charge in [-0.25, -0.2) is 0 Å². The van der Waals surface area contributed by atoms with Gasteiger partial charge in [0.25, 0.3) is 0 Å². The van der Waals surface area contributed by atoms with Gasteiger partial charge in [0.1, 0.15) is 0 Å². The van der Waals surface area contributed by atoms with Gasteiger partial charge in [0, 0.05) is 26.3 Å². The van der Waals surface area contributed by atoms with Crippen molar-refractivity contribution in [1.82, 2.24) is 15.2 Å². The molecule has 1 aromatic rings. The Morgan fingerprint density at radius 2 is 2.35 bits per heavy atom. The number of nitrogens with zero attached hydrogens (tertiary/aromatic N) is 2. The molecule has 2 rings (SSSR count). The van der Waals surface area contributed by atoms with E-state index in [-0.39, 0.29) is 12.1 Å². The molecule has 1 saturated carbocycles. The van der Waals surface area contributed by atoms with E-state index in [0.29, 0.717) is 5.92 Å². The Morgan fingerprint density at radius 1 is 1.65 bits per heavy atom. The number of hydrogen-bond donors (Lipinski definition) is 2. The number of nitrogens with one attached hydrogen (secondary N) is 1. The number of ether oxygens (including phenoxy) is 1. The van der Waals surface area contributed by atoms with Crippen molar-refractivity contribution in [1.29, 1.82) is 0 Å². The predicted molar refractivity (Wildman–Crippen MR) is 66.3 cm³/mol. The van der Waals surface area contributed by atoms with Gasteiger partial charge in [0.15, 0.2) is 0 Å². The van der Waals surface area contributed by atoms with Crippen molar-refractivity contribution in [2.75, 3.05) is 7.11 Å². The Morgan fingerprint density at radius 3 is 2.76 bits per heavy atom. The minimum absolute atomic E-state index is 0.155. The molecule has 0 amide bonds. The van der Waals surface area contributed by atoms with Crippen LogP contribution in [0.4, 0.5) is 0 Å². The van der Waals surface area contributed by atoms with Crippen LogP contribution in [-0.4, -0.2) is 29.0 Å². The Kier molecular flexibility index (Phi) is 3.81. The third kappa shape index (κ3) is 2.86. The summed E-state index contributed by atoms with van der Waals surface area (Å²) >= 11 is 0. The molecule has 0 bridgehead atoms. The van der Waals surface area contributed by atoms with Crippen molar-refractivity contribution in [2.45, 2.75) is 38.3 Å². The lowest BCUT2D eigenvalue weighted by Gasteiger charge is -2.25. The van der Waals surface area contributed by atoms with Crippen LogP contribution in [0.2, 0.25) is 0 Å². The van der Waals surface area contributed by atoms with Gasteiger partial charge >= 0.3 is 0 Å². The van der Waals surface area contributed by atoms with Crippen LogP contribution in [0, 0.1) is 12.8 Å². The molecule has 5 heteroatoms. The van der Waals surface area contributed by atoms with E-state index in [0.717, 1.165) is 12.1 Å². The summed E-state index contributed by atoms with van der Waals surface area (Å²) in [4.78, 5) is 0. The molecule has 1 fully saturated rings. The van der Waals surface area contributed by atoms with Gasteiger partial charge < -0.3 is 4.74 Å². The van der Waals surface area contributed by atoms with E-state index in [1.54, 1.807) is 7.11 Å². The minimum atomic E-state index is 0.155. The summed E-state index contributed by atoms with van der Waals surface area (Å²) in [5, 5.41) is 4.35. The number of nitrogens with two attached hydrogens (primary N) is 1. The maximum absolute atomic E-state index is 5.66. The van der Waals surface area contributed by atoms with Crippen molar-refractivity contribution >= 4 is 0 Å². The molecule has 0 spiro atoms. The van der Waals surface area contributed by atoms with Crippen molar-refractivity contribution in [3.63, 3.8) is 0 Å². The molecule has 0 aliphatic heterocycles. The lowest BCUT2D eigenvalue weighted by atomic mass is 10.0. The average molecular weight is 238 g/mol. The largest absolute Gasteiger partial charge is 0.379 e. The predicted octanol–water partition coefficient (Wildman–Crippen LogP) is 0.528. The zero-order valence-electron chi connectivity index (χ0n) is 10.8. The SMILES string of the molecule is COC(C1CC1)C(Cc1cc(C)nn1C)NN. The van der Waals surface area contributed by atoms with Crippen molar-refractivity contribution in [2.24, 2.45) is 18.8 Å². The molecule has 3 N–H and O–H groups in total. The quantitative estimate of drug-likeness (QED) is 0.560. The van der Waals surface area contributed by atoms with Gasteiger partial charge in [-0.15, -0.1) is 0 Å². The van der Waals surface area contributed by atoms with Gasteiger partial charge in [-0.2, -0.15) is 5.10 Å². The molecule has 0 aromatic carbocycles. The van der Waals surface area contributed by atoms with Gasteiger partial charge in [0.05, 0.1) is 17.8 Å². The average Bonchev–Trinajstić information content (AvgIpc) is 3.06. The van der Waals surface area contributed by atoms with Crippen LogP contribution in [0.3, 0.4) is 0 Å². The Labute approximate surface area is 102 Å². The highest BCUT2D eigenvalue weighted by Crippen LogP contribution is 2.36. The van der Waals surface area contributed by atoms with Gasteiger partial charge in [0.2, 0.25) is 0 Å². The molecular weight excluding hydrogens is 216 g/mol. The van der Waals surface area contributed by atoms with Crippen LogP contribution >= 0.6 is 0 Å². The molecule has 17 heavy (non-hydrogen) atoms. The standard InChI is InChI=1S/C12H22N4O/c1-8-6-10(16(2)15-8)7-11(14-13)12(17-3)9-4-5-9/h6,9,11-12,14H,4-5,7,13H2,1-3H3. The molecule has 1 heterocycles. The van der Waals surface area contributed by atoms with Crippen LogP contribution in [-0.2, 0) is 18.2 Å². The number of rotatable bonds is 6. The molecule has 1 aromatic heterocycles. The first-order chi connectivity index (χ1) is 8.15. The highest BCUT2D eigenvalue weighted by molar-refractivity contribution is 5.11. The summed E-state index contributed by atoms with van der Waals surface area (Å²) in [6.45, 7) is 2.00. The summed E-state index contributed by atoms with van der Waals surface area (Å²) in [5.74, 6) is 6.32. The molecule has 5 nitrogen and oxygen atoms in total. The van der Waals surface area contributed by atoms with Gasteiger partial charge in [-0.3, -0.25) is 16.0 Å². The van der Waals surface area contributed by atoms with Gasteiger partial charge in [-0.05, 0) is 31.7 Å². The van der Waals surface area contributed by atoms with Crippen LogP contribution in [0.15, 0.2) is 6.07 Å². The molecule has 96 valence electrons. The number of aromatic nitrogens is 2. The normalized spacial score (nSPS) is 19.3. The number of aryl methyl sites for hydroxylation is 2. The van der Waals surface area contributed by atoms with Gasteiger partial charge in [-0.1, -0.05) is 0 Å². The second-order valence-electron chi connectivity index (χ2n) is 4.92. The highest BCUT2D eigenvalue weighted by Gasteiger charge is 2.36. The third-order valence-corrected chi connectivity index (χ3v) is 3.50. The molecule has 0 radical (unpaired) electrons. The molecule has 1 aliphatic carbocycles. The minimum Gasteiger partial charge on any atom is -0.379 e. The Balaban J connectivity index is 2.05. The number of methoxy groups -OCH3 is 1. The summed E-state index contributed by atoms with van der Waals surface area (Å²) in [7, 11) is 3.73. The van der Waals surface area contributed by atoms with Crippen molar-refractivity contribution < 1.29 is 4.74 Å². The molecular formula is C12H22N4O. The van der Waals surface area contributed by atoms with Crippen LogP contribution < -0.4 is 11.3 Å². The Bertz CT molecular complexity index is 373. The van der Waals surface area contributed by atoms with Crippen molar-refractivity contribution in [3.05, 3.63) is 17.5 Å². The number of hydrazine groups is 1. The lowest BCUT2D eigenvalue weighted by Crippen LogP contribution is -2.47. The van der Waals surface area contributed by atoms with Crippen LogP contribution in [0.5, 0.6) is 0 Å². The third-order valence-electron chi connectivity index (χ3n) is 3.50. The molecule has 2 atom stereocenters. The fourth-order valence-electron chi connectivity index (χ4n) is 2.46. The van der Waals surface area contributed by atoms with E-state index < -0.39 is 0 Å². The molecule has 1 aliphatic rings. The van der Waals surface area contributed by atoms with E-state index >= 15 is 0 Å². The summed E-state index contributed by atoms with van der Waals surface area (Å²) in [5.41, 5.74) is 5.12. The lowest BCUT2D eigenvalue weighted by molar-refractivity contribution is 0.0505. The smallest absolute Gasteiger partial charge is 0.0769 e. The Hall–Kier alpha value is -0.910. The van der Waals surface area contributed by atoms with E-state index in [1.807, 2.05) is 18.7 Å². The number of hydrogen-bond acceptors (Lipinski definition) is 4. The van der Waals surface area contributed by atoms with Crippen molar-refractivity contribution in [3.8, 4) is 0 Å². The highest BCUT2D eigenvalue weighted by atomic mass is 16.5. The first-order valence-electron chi connectivity index (χ1n) is 6.14. The monoisotopic (exact) mass is 238 g/mol. The maximum Gasteiger partial charge on any atom is 0.0769 e. The zero-order valence-corrected chi connectivity index (χ0v) is 10.8. The zero-order chi connectivity index (χ0) is 12.4. The molecule has 0 saturated heterocycles. The second-order valence-corrected chi connectivity index (χ2v) is 4.92. The van der Waals surface area contributed by atoms with E-state index in [9.17, 15) is 0 Å². The van der Waals surface area contributed by atoms with Crippen LogP contribution in [0.25, 0.3) is 0 Å². The van der Waals surface area contributed by atoms with E-state index in [1.165, 1.54) is 18.5 Å². The first kappa shape index (κ1) is 12.5. The molecule has 2 unspecified atom stereocenters. The topological polar surface area (TPSA) is 65.1 Å². The van der Waals surface area contributed by atoms with Crippen LogP contribution in [0.1, 0.15) is 24.2 Å². The summed E-state index contributed by atoms with van der Waals surface area (Å²) in [6.07, 6.45) is 3.56. The van der Waals surface area contributed by atoms with E-state index in [4.69, 9.17) is 10.6 Å². The summed E-state index contributed by atoms with van der Waals surface area (Å²) < 4.78 is 7.49. The fraction of sp³-hybridized carbons (Fsp3) is 0.750. The summed E-state index contributed by atoms with van der Waals surface area (Å²) in [6, 6.07) is 2.26. The fourth-order valence-corrected chi connectivity index (χ4v) is 2.46. The first-order valence-corrected chi connectivity index (χ1v) is 6.14. The van der Waals surface area contributed by atoms with E-state index in [2.05, 4.69) is 16.6 Å². The maximum atomic E-state index is 5.66. The second kappa shape index (κ2) is 5.16.